The fourth-order valence-electron chi connectivity index (χ4n) is 2.62. The monoisotopic (exact) mass is 444 g/mol. The maximum absolute atomic E-state index is 12.3. The number of methoxy groups -OCH3 is 1. The zero-order valence-corrected chi connectivity index (χ0v) is 17.6. The zero-order chi connectivity index (χ0) is 21.7. The number of nitrogens with zero attached hydrogens (tertiary/aromatic N) is 2. The number of aliphatic imine (C=N–C) groups is 1. The number of ether oxygens (including phenoxy) is 2. The number of thioether (sulfide) groups is 2. The van der Waals surface area contributed by atoms with Gasteiger partial charge in [0.25, 0.3) is 0 Å². The first-order valence-corrected chi connectivity index (χ1v) is 10.4. The van der Waals surface area contributed by atoms with Crippen LogP contribution in [0, 0.1) is 10.1 Å². The topological polar surface area (TPSA) is 108 Å². The Balaban J connectivity index is 1.91. The van der Waals surface area contributed by atoms with E-state index in [1.165, 1.54) is 44.0 Å². The molecule has 2 aromatic rings. The number of nitro groups is 1. The standard InChI is InChI=1S/C20H16N2O6S2/c1-12(23)28-16-9-8-14(17(22(25)26)18(16)27-2)10-15-19(24)30-20(21-15)29-11-13-6-4-3-5-7-13/h3-10H,11H2,1-2H3/b15-10+. The third kappa shape index (κ3) is 5.08. The van der Waals surface area contributed by atoms with Crippen LogP contribution in [0.15, 0.2) is 53.2 Å². The van der Waals surface area contributed by atoms with Crippen LogP contribution < -0.4 is 9.47 Å². The molecule has 2 aromatic carbocycles. The van der Waals surface area contributed by atoms with Gasteiger partial charge in [-0.2, -0.15) is 0 Å². The summed E-state index contributed by atoms with van der Waals surface area (Å²) in [5.41, 5.74) is 0.898. The van der Waals surface area contributed by atoms with Gasteiger partial charge in [-0.25, -0.2) is 4.99 Å². The molecule has 10 heteroatoms. The lowest BCUT2D eigenvalue weighted by molar-refractivity contribution is -0.386. The van der Waals surface area contributed by atoms with E-state index in [0.29, 0.717) is 10.1 Å². The number of esters is 1. The Hall–Kier alpha value is -3.11. The molecule has 0 atom stereocenters. The predicted molar refractivity (Wildman–Crippen MR) is 117 cm³/mol. The summed E-state index contributed by atoms with van der Waals surface area (Å²) >= 11 is 2.40. The lowest BCUT2D eigenvalue weighted by Gasteiger charge is -2.10. The minimum atomic E-state index is -0.653. The minimum absolute atomic E-state index is 0.0754. The Morgan fingerprint density at radius 2 is 2.00 bits per heavy atom. The Bertz CT molecular complexity index is 1070. The van der Waals surface area contributed by atoms with Crippen LogP contribution in [0.25, 0.3) is 6.08 Å². The maximum Gasteiger partial charge on any atom is 0.322 e. The Kier molecular flexibility index (Phi) is 6.91. The lowest BCUT2D eigenvalue weighted by Crippen LogP contribution is -2.05. The van der Waals surface area contributed by atoms with E-state index in [2.05, 4.69) is 4.99 Å². The number of carbonyl (C=O) groups is 2. The number of hydrogen-bond acceptors (Lipinski definition) is 9. The second kappa shape index (κ2) is 9.59. The summed E-state index contributed by atoms with van der Waals surface area (Å²) in [5, 5.41) is 11.3. The summed E-state index contributed by atoms with van der Waals surface area (Å²) in [4.78, 5) is 38.9. The highest BCUT2D eigenvalue weighted by atomic mass is 32.2. The fraction of sp³-hybridized carbons (Fsp3) is 0.150. The van der Waals surface area contributed by atoms with Crippen molar-refractivity contribution >= 4 is 50.7 Å². The average Bonchev–Trinajstić information content (AvgIpc) is 3.06. The van der Waals surface area contributed by atoms with Crippen LogP contribution in [-0.4, -0.2) is 27.5 Å². The molecule has 0 radical (unpaired) electrons. The van der Waals surface area contributed by atoms with Crippen LogP contribution >= 0.6 is 23.5 Å². The van der Waals surface area contributed by atoms with Crippen LogP contribution in [0.1, 0.15) is 18.1 Å². The number of carbonyl (C=O) groups excluding carboxylic acids is 2. The molecule has 0 saturated heterocycles. The molecule has 0 unspecified atom stereocenters. The molecule has 0 fully saturated rings. The van der Waals surface area contributed by atoms with Crippen molar-refractivity contribution in [1.29, 1.82) is 0 Å². The van der Waals surface area contributed by atoms with Gasteiger partial charge in [-0.15, -0.1) is 0 Å². The number of benzene rings is 2. The van der Waals surface area contributed by atoms with Gasteiger partial charge in [-0.3, -0.25) is 19.7 Å². The van der Waals surface area contributed by atoms with Gasteiger partial charge in [-0.1, -0.05) is 42.1 Å². The largest absolute Gasteiger partial charge is 0.488 e. The van der Waals surface area contributed by atoms with Crippen molar-refractivity contribution < 1.29 is 24.0 Å². The molecule has 0 spiro atoms. The van der Waals surface area contributed by atoms with Crippen LogP contribution in [0.3, 0.4) is 0 Å². The van der Waals surface area contributed by atoms with E-state index >= 15 is 0 Å². The Labute approximate surface area is 180 Å². The molecule has 0 aliphatic carbocycles. The summed E-state index contributed by atoms with van der Waals surface area (Å²) in [6, 6.07) is 12.5. The smallest absolute Gasteiger partial charge is 0.322 e. The van der Waals surface area contributed by atoms with Crippen molar-refractivity contribution in [2.75, 3.05) is 7.11 Å². The molecule has 30 heavy (non-hydrogen) atoms. The normalized spacial score (nSPS) is 14.5. The maximum atomic E-state index is 12.3. The second-order valence-corrected chi connectivity index (χ2v) is 8.14. The average molecular weight is 444 g/mol. The van der Waals surface area contributed by atoms with E-state index in [9.17, 15) is 19.7 Å². The van der Waals surface area contributed by atoms with E-state index < -0.39 is 16.6 Å². The molecule has 1 heterocycles. The van der Waals surface area contributed by atoms with Crippen molar-refractivity contribution in [3.05, 3.63) is 69.4 Å². The van der Waals surface area contributed by atoms with Gasteiger partial charge in [0, 0.05) is 12.7 Å². The molecule has 0 saturated carbocycles. The molecule has 0 amide bonds. The number of hydrogen-bond donors (Lipinski definition) is 0. The van der Waals surface area contributed by atoms with Crippen LogP contribution in [0.4, 0.5) is 5.69 Å². The van der Waals surface area contributed by atoms with Gasteiger partial charge in [-0.05, 0) is 35.5 Å². The van der Waals surface area contributed by atoms with Crippen molar-refractivity contribution in [1.82, 2.24) is 0 Å². The molecule has 1 aliphatic heterocycles. The highest BCUT2D eigenvalue weighted by Crippen LogP contribution is 2.41. The molecule has 0 N–H and O–H groups in total. The first-order chi connectivity index (χ1) is 14.4. The lowest BCUT2D eigenvalue weighted by atomic mass is 10.1. The van der Waals surface area contributed by atoms with E-state index in [4.69, 9.17) is 9.47 Å². The summed E-state index contributed by atoms with van der Waals surface area (Å²) in [6.45, 7) is 1.18. The van der Waals surface area contributed by atoms with Crippen LogP contribution in [0.5, 0.6) is 11.5 Å². The van der Waals surface area contributed by atoms with Crippen molar-refractivity contribution in [2.24, 2.45) is 4.99 Å². The second-order valence-electron chi connectivity index (χ2n) is 5.96. The van der Waals surface area contributed by atoms with Crippen LogP contribution in [-0.2, 0) is 15.3 Å². The molecular weight excluding hydrogens is 428 g/mol. The Morgan fingerprint density at radius 1 is 1.27 bits per heavy atom. The van der Waals surface area contributed by atoms with Gasteiger partial charge in [0.15, 0.2) is 5.75 Å². The third-order valence-corrected chi connectivity index (χ3v) is 5.95. The first-order valence-electron chi connectivity index (χ1n) is 8.62. The first kappa shape index (κ1) is 21.6. The molecule has 8 nitrogen and oxygen atoms in total. The van der Waals surface area contributed by atoms with Gasteiger partial charge in [0.1, 0.15) is 10.1 Å². The van der Waals surface area contributed by atoms with Crippen molar-refractivity contribution in [3.63, 3.8) is 0 Å². The Morgan fingerprint density at radius 3 is 2.63 bits per heavy atom. The fourth-order valence-corrected chi connectivity index (χ4v) is 4.42. The summed E-state index contributed by atoms with van der Waals surface area (Å²) in [6.07, 6.45) is 1.34. The zero-order valence-electron chi connectivity index (χ0n) is 16.0. The highest BCUT2D eigenvalue weighted by molar-refractivity contribution is 8.45. The van der Waals surface area contributed by atoms with E-state index in [1.54, 1.807) is 0 Å². The van der Waals surface area contributed by atoms with E-state index in [0.717, 1.165) is 17.3 Å². The van der Waals surface area contributed by atoms with E-state index in [1.807, 2.05) is 30.3 Å². The number of nitro benzene ring substituents is 1. The SMILES string of the molecule is COc1c(OC(C)=O)ccc(/C=C2/N=C(SCc3ccccc3)SC2=O)c1[N+](=O)[O-]. The summed E-state index contributed by atoms with van der Waals surface area (Å²) in [7, 11) is 1.24. The van der Waals surface area contributed by atoms with Crippen LogP contribution in [0.2, 0.25) is 0 Å². The molecule has 1 aliphatic rings. The van der Waals surface area contributed by atoms with Crippen molar-refractivity contribution in [3.8, 4) is 11.5 Å². The molecule has 0 aromatic heterocycles. The highest BCUT2D eigenvalue weighted by Gasteiger charge is 2.28. The molecule has 0 bridgehead atoms. The van der Waals surface area contributed by atoms with Gasteiger partial charge in [0.05, 0.1) is 17.6 Å². The van der Waals surface area contributed by atoms with E-state index in [-0.39, 0.29) is 27.9 Å². The summed E-state index contributed by atoms with van der Waals surface area (Å²) < 4.78 is 10.6. The van der Waals surface area contributed by atoms with Gasteiger partial charge >= 0.3 is 11.7 Å². The quantitative estimate of drug-likeness (QED) is 0.212. The summed E-state index contributed by atoms with van der Waals surface area (Å²) in [5.74, 6) is -0.266. The number of rotatable bonds is 6. The van der Waals surface area contributed by atoms with Gasteiger partial charge < -0.3 is 9.47 Å². The van der Waals surface area contributed by atoms with Crippen molar-refractivity contribution in [2.45, 2.75) is 12.7 Å². The predicted octanol–water partition coefficient (Wildman–Crippen LogP) is 4.43. The molecule has 3 rings (SSSR count). The molecule has 154 valence electrons. The molecular formula is C20H16N2O6S2. The van der Waals surface area contributed by atoms with Gasteiger partial charge in [0.2, 0.25) is 10.9 Å². The third-order valence-electron chi connectivity index (χ3n) is 3.87. The minimum Gasteiger partial charge on any atom is -0.488 e.